The lowest BCUT2D eigenvalue weighted by Crippen LogP contribution is -2.42. The summed E-state index contributed by atoms with van der Waals surface area (Å²) >= 11 is 0. The Balaban J connectivity index is 1.40. The van der Waals surface area contributed by atoms with Crippen LogP contribution in [0.25, 0.3) is 22.0 Å². The third-order valence-corrected chi connectivity index (χ3v) is 6.49. The van der Waals surface area contributed by atoms with E-state index in [1.54, 1.807) is 18.1 Å². The number of imide groups is 1. The second-order valence-electron chi connectivity index (χ2n) is 8.70. The van der Waals surface area contributed by atoms with E-state index >= 15 is 0 Å². The van der Waals surface area contributed by atoms with Crippen LogP contribution in [-0.2, 0) is 11.3 Å². The van der Waals surface area contributed by atoms with Gasteiger partial charge in [0, 0.05) is 29.7 Å². The first kappa shape index (κ1) is 23.1. The SMILES string of the molecule is COc1ccc2c(c1)C(=O)N(C[C@H](NC(=O)NC=O)c1ccc(-c3ccc4n[nH]c(C)c4c3)cc1)C2. The average Bonchev–Trinajstić information content (AvgIpc) is 3.42. The number of amides is 4. The molecule has 0 saturated heterocycles. The average molecular weight is 484 g/mol. The molecule has 4 aromatic rings. The summed E-state index contributed by atoms with van der Waals surface area (Å²) < 4.78 is 5.25. The molecular formula is C27H25N5O4. The summed E-state index contributed by atoms with van der Waals surface area (Å²) in [4.78, 5) is 37.8. The molecule has 0 aliphatic carbocycles. The number of fused-ring (bicyclic) bond motifs is 2. The Hall–Kier alpha value is -4.66. The molecule has 0 saturated carbocycles. The first-order valence-electron chi connectivity index (χ1n) is 11.5. The van der Waals surface area contributed by atoms with E-state index in [-0.39, 0.29) is 12.5 Å². The van der Waals surface area contributed by atoms with Crippen molar-refractivity contribution in [3.05, 3.63) is 83.0 Å². The molecular weight excluding hydrogens is 458 g/mol. The van der Waals surface area contributed by atoms with Crippen LogP contribution < -0.4 is 15.4 Å². The van der Waals surface area contributed by atoms with Crippen LogP contribution in [0.15, 0.2) is 60.7 Å². The predicted molar refractivity (Wildman–Crippen MR) is 134 cm³/mol. The van der Waals surface area contributed by atoms with E-state index in [2.05, 4.69) is 26.9 Å². The molecule has 3 aromatic carbocycles. The van der Waals surface area contributed by atoms with Crippen molar-refractivity contribution in [3.8, 4) is 16.9 Å². The zero-order chi connectivity index (χ0) is 25.2. The minimum absolute atomic E-state index is 0.132. The number of rotatable bonds is 7. The van der Waals surface area contributed by atoms with Crippen molar-refractivity contribution >= 4 is 29.3 Å². The molecule has 182 valence electrons. The number of urea groups is 1. The number of methoxy groups -OCH3 is 1. The smallest absolute Gasteiger partial charge is 0.321 e. The van der Waals surface area contributed by atoms with Crippen molar-refractivity contribution < 1.29 is 19.1 Å². The van der Waals surface area contributed by atoms with Gasteiger partial charge in [0.2, 0.25) is 6.41 Å². The zero-order valence-corrected chi connectivity index (χ0v) is 19.9. The zero-order valence-electron chi connectivity index (χ0n) is 19.9. The van der Waals surface area contributed by atoms with Gasteiger partial charge in [-0.3, -0.25) is 20.0 Å². The molecule has 1 aliphatic heterocycles. The molecule has 36 heavy (non-hydrogen) atoms. The van der Waals surface area contributed by atoms with Crippen LogP contribution in [0.5, 0.6) is 5.75 Å². The first-order chi connectivity index (χ1) is 17.5. The van der Waals surface area contributed by atoms with E-state index in [9.17, 15) is 14.4 Å². The summed E-state index contributed by atoms with van der Waals surface area (Å²) in [6.07, 6.45) is 0.326. The van der Waals surface area contributed by atoms with Crippen molar-refractivity contribution in [2.24, 2.45) is 0 Å². The molecule has 0 bridgehead atoms. The fraction of sp³-hybridized carbons (Fsp3) is 0.185. The van der Waals surface area contributed by atoms with Crippen LogP contribution in [0.1, 0.15) is 33.2 Å². The lowest BCUT2D eigenvalue weighted by molar-refractivity contribution is -0.108. The third kappa shape index (κ3) is 4.38. The number of nitrogens with zero attached hydrogens (tertiary/aromatic N) is 2. The van der Waals surface area contributed by atoms with Crippen molar-refractivity contribution in [1.82, 2.24) is 25.7 Å². The van der Waals surface area contributed by atoms with Crippen molar-refractivity contribution in [2.45, 2.75) is 19.5 Å². The van der Waals surface area contributed by atoms with Gasteiger partial charge in [0.25, 0.3) is 5.91 Å². The normalized spacial score (nSPS) is 13.4. The van der Waals surface area contributed by atoms with E-state index in [1.807, 2.05) is 55.5 Å². The number of hydrogen-bond donors (Lipinski definition) is 3. The van der Waals surface area contributed by atoms with Gasteiger partial charge in [-0.25, -0.2) is 4.79 Å². The van der Waals surface area contributed by atoms with E-state index in [4.69, 9.17) is 4.74 Å². The van der Waals surface area contributed by atoms with Gasteiger partial charge < -0.3 is 15.0 Å². The Bertz CT molecular complexity index is 1460. The number of aryl methyl sites for hydroxylation is 1. The van der Waals surface area contributed by atoms with Gasteiger partial charge in [-0.2, -0.15) is 5.10 Å². The number of benzene rings is 3. The molecule has 1 aliphatic rings. The van der Waals surface area contributed by atoms with Crippen molar-refractivity contribution in [2.75, 3.05) is 13.7 Å². The molecule has 5 rings (SSSR count). The van der Waals surface area contributed by atoms with Crippen LogP contribution in [-0.4, -0.2) is 47.1 Å². The molecule has 1 atom stereocenters. The number of aromatic nitrogens is 2. The van der Waals surface area contributed by atoms with Gasteiger partial charge >= 0.3 is 6.03 Å². The highest BCUT2D eigenvalue weighted by Crippen LogP contribution is 2.30. The lowest BCUT2D eigenvalue weighted by Gasteiger charge is -2.25. The molecule has 1 aromatic heterocycles. The van der Waals surface area contributed by atoms with Crippen LogP contribution in [0, 0.1) is 6.92 Å². The standard InChI is InChI=1S/C27H25N5O4/c1-16-22-11-19(8-10-24(22)31-30-16)17-3-5-18(6-4-17)25(29-27(35)28-15-33)14-32-13-20-7-9-21(36-2)12-23(20)26(32)34/h3-12,15,25H,13-14H2,1-2H3,(H,30,31)(H2,28,29,33,35)/t25-/m0/s1. The summed E-state index contributed by atoms with van der Waals surface area (Å²) in [5.74, 6) is 0.482. The maximum Gasteiger partial charge on any atom is 0.321 e. The number of carbonyl (C=O) groups is 3. The number of nitrogens with one attached hydrogen (secondary N) is 3. The Labute approximate surface area is 207 Å². The van der Waals surface area contributed by atoms with E-state index in [0.717, 1.165) is 38.9 Å². The third-order valence-electron chi connectivity index (χ3n) is 6.49. The highest BCUT2D eigenvalue weighted by atomic mass is 16.5. The van der Waals surface area contributed by atoms with Crippen molar-refractivity contribution in [3.63, 3.8) is 0 Å². The predicted octanol–water partition coefficient (Wildman–Crippen LogP) is 3.70. The van der Waals surface area contributed by atoms with Gasteiger partial charge in [-0.15, -0.1) is 0 Å². The lowest BCUT2D eigenvalue weighted by atomic mass is 9.99. The molecule has 3 N–H and O–H groups in total. The van der Waals surface area contributed by atoms with Gasteiger partial charge in [0.05, 0.1) is 18.7 Å². The first-order valence-corrected chi connectivity index (χ1v) is 11.5. The number of aromatic amines is 1. The number of carbonyl (C=O) groups excluding carboxylic acids is 3. The van der Waals surface area contributed by atoms with Gasteiger partial charge in [-0.1, -0.05) is 36.4 Å². The number of hydrogen-bond acceptors (Lipinski definition) is 5. The maximum absolute atomic E-state index is 13.1. The van der Waals surface area contributed by atoms with Crippen LogP contribution in [0.4, 0.5) is 4.79 Å². The summed E-state index contributed by atoms with van der Waals surface area (Å²) in [7, 11) is 1.56. The fourth-order valence-corrected chi connectivity index (χ4v) is 4.55. The summed E-state index contributed by atoms with van der Waals surface area (Å²) in [6, 6.07) is 18.1. The highest BCUT2D eigenvalue weighted by Gasteiger charge is 2.30. The highest BCUT2D eigenvalue weighted by molar-refractivity contribution is 5.98. The monoisotopic (exact) mass is 483 g/mol. The van der Waals surface area contributed by atoms with Crippen LogP contribution >= 0.6 is 0 Å². The van der Waals surface area contributed by atoms with Crippen molar-refractivity contribution in [1.29, 1.82) is 0 Å². The Morgan fingerprint density at radius 1 is 1.14 bits per heavy atom. The molecule has 9 heteroatoms. The summed E-state index contributed by atoms with van der Waals surface area (Å²) in [6.45, 7) is 2.65. The van der Waals surface area contributed by atoms with E-state index in [1.165, 1.54) is 0 Å². The molecule has 2 heterocycles. The minimum atomic E-state index is -0.634. The van der Waals surface area contributed by atoms with Crippen LogP contribution in [0.3, 0.4) is 0 Å². The molecule has 0 unspecified atom stereocenters. The van der Waals surface area contributed by atoms with Crippen LogP contribution in [0.2, 0.25) is 0 Å². The quantitative estimate of drug-likeness (QED) is 0.347. The van der Waals surface area contributed by atoms with E-state index < -0.39 is 12.1 Å². The maximum atomic E-state index is 13.1. The molecule has 0 spiro atoms. The second kappa shape index (κ2) is 9.53. The Morgan fingerprint density at radius 2 is 1.92 bits per heavy atom. The number of H-pyrrole nitrogens is 1. The Morgan fingerprint density at radius 3 is 2.67 bits per heavy atom. The molecule has 4 amide bonds. The van der Waals surface area contributed by atoms with Gasteiger partial charge in [-0.05, 0) is 53.4 Å². The molecule has 0 fully saturated rings. The van der Waals surface area contributed by atoms with E-state index in [0.29, 0.717) is 24.3 Å². The Kier molecular flexibility index (Phi) is 6.12. The number of ether oxygens (including phenoxy) is 1. The topological polar surface area (TPSA) is 116 Å². The second-order valence-corrected chi connectivity index (χ2v) is 8.70. The van der Waals surface area contributed by atoms with Gasteiger partial charge in [0.15, 0.2) is 0 Å². The molecule has 0 radical (unpaired) electrons. The largest absolute Gasteiger partial charge is 0.497 e. The summed E-state index contributed by atoms with van der Waals surface area (Å²) in [5, 5.41) is 13.3. The van der Waals surface area contributed by atoms with Gasteiger partial charge in [0.1, 0.15) is 5.75 Å². The molecule has 9 nitrogen and oxygen atoms in total. The summed E-state index contributed by atoms with van der Waals surface area (Å²) in [5.41, 5.74) is 6.26. The minimum Gasteiger partial charge on any atom is -0.497 e. The fourth-order valence-electron chi connectivity index (χ4n) is 4.55.